The average Bonchev–Trinajstić information content (AvgIpc) is 3.12. The number of hydrogen-bond acceptors (Lipinski definition) is 4. The number of likely N-dealkylation sites (N-methyl/N-ethyl adjacent to an activating group) is 1. The fourth-order valence-electron chi connectivity index (χ4n) is 4.88. The van der Waals surface area contributed by atoms with Crippen LogP contribution in [-0.4, -0.2) is 45.6 Å². The zero-order chi connectivity index (χ0) is 19.1. The van der Waals surface area contributed by atoms with E-state index >= 15 is 0 Å². The number of likely N-dealkylation sites (tertiary alicyclic amines) is 1. The van der Waals surface area contributed by atoms with Crippen molar-refractivity contribution in [2.75, 3.05) is 18.9 Å². The quantitative estimate of drug-likeness (QED) is 0.692. The van der Waals surface area contributed by atoms with Crippen molar-refractivity contribution in [2.45, 2.75) is 24.8 Å². The van der Waals surface area contributed by atoms with Crippen molar-refractivity contribution in [3.8, 4) is 0 Å². The van der Waals surface area contributed by atoms with Crippen LogP contribution in [0.1, 0.15) is 23.5 Å². The Morgan fingerprint density at radius 1 is 1.32 bits per heavy atom. The summed E-state index contributed by atoms with van der Waals surface area (Å²) in [4.78, 5) is 18.1. The zero-order valence-electron chi connectivity index (χ0n) is 15.8. The molecule has 6 nitrogen and oxygen atoms in total. The Morgan fingerprint density at radius 2 is 2.25 bits per heavy atom. The van der Waals surface area contributed by atoms with Crippen LogP contribution in [-0.2, 0) is 11.2 Å². The van der Waals surface area contributed by atoms with E-state index in [9.17, 15) is 4.79 Å². The van der Waals surface area contributed by atoms with Gasteiger partial charge in [-0.25, -0.2) is 0 Å². The van der Waals surface area contributed by atoms with E-state index in [-0.39, 0.29) is 5.91 Å². The largest absolute Gasteiger partial charge is 0.361 e. The highest BCUT2D eigenvalue weighted by Crippen LogP contribution is 2.44. The lowest BCUT2D eigenvalue weighted by Gasteiger charge is -2.45. The molecule has 142 valence electrons. The van der Waals surface area contributed by atoms with Crippen LogP contribution in [0.4, 0.5) is 5.82 Å². The average molecular weight is 373 g/mol. The first kappa shape index (κ1) is 17.1. The Kier molecular flexibility index (Phi) is 4.20. The van der Waals surface area contributed by atoms with E-state index in [0.717, 1.165) is 19.4 Å². The maximum absolute atomic E-state index is 12.2. The summed E-state index contributed by atoms with van der Waals surface area (Å²) in [6, 6.07) is 10.6. The number of benzene rings is 1. The van der Waals surface area contributed by atoms with Crippen molar-refractivity contribution in [3.63, 3.8) is 0 Å². The molecule has 2 aromatic heterocycles. The third kappa shape index (κ3) is 2.99. The fraction of sp³-hybridized carbons (Fsp3) is 0.318. The summed E-state index contributed by atoms with van der Waals surface area (Å²) in [6.45, 7) is 0.964. The maximum Gasteiger partial charge on any atom is 0.249 e. The van der Waals surface area contributed by atoms with Crippen LogP contribution in [0.25, 0.3) is 10.9 Å². The van der Waals surface area contributed by atoms with E-state index in [1.165, 1.54) is 22.0 Å². The van der Waals surface area contributed by atoms with Gasteiger partial charge in [0.1, 0.15) is 0 Å². The Balaban J connectivity index is 1.35. The number of amides is 1. The van der Waals surface area contributed by atoms with Crippen molar-refractivity contribution in [3.05, 3.63) is 66.0 Å². The summed E-state index contributed by atoms with van der Waals surface area (Å²) in [6.07, 6.45) is 9.58. The molecule has 1 fully saturated rings. The molecular weight excluding hydrogens is 350 g/mol. The normalized spacial score (nSPS) is 24.4. The predicted molar refractivity (Wildman–Crippen MR) is 109 cm³/mol. The van der Waals surface area contributed by atoms with Crippen LogP contribution in [0.15, 0.2) is 54.9 Å². The minimum atomic E-state index is -0.163. The highest BCUT2D eigenvalue weighted by Gasteiger charge is 2.38. The summed E-state index contributed by atoms with van der Waals surface area (Å²) < 4.78 is 0. The topological polar surface area (TPSA) is 73.9 Å². The summed E-state index contributed by atoms with van der Waals surface area (Å²) in [5, 5.41) is 11.8. The Morgan fingerprint density at radius 3 is 3.11 bits per heavy atom. The summed E-state index contributed by atoms with van der Waals surface area (Å²) in [7, 11) is 2.20. The molecule has 1 amide bonds. The molecule has 1 saturated heterocycles. The number of anilines is 1. The highest BCUT2D eigenvalue weighted by atomic mass is 16.1. The third-order valence-corrected chi connectivity index (χ3v) is 6.10. The van der Waals surface area contributed by atoms with Gasteiger partial charge in [0.15, 0.2) is 5.82 Å². The number of aromatic amines is 1. The number of carbonyl (C=O) groups excluding carboxylic acids is 1. The van der Waals surface area contributed by atoms with Gasteiger partial charge >= 0.3 is 0 Å². The Labute approximate surface area is 163 Å². The lowest BCUT2D eigenvalue weighted by Crippen LogP contribution is -2.47. The van der Waals surface area contributed by atoms with Crippen LogP contribution in [0.3, 0.4) is 0 Å². The molecule has 0 saturated carbocycles. The van der Waals surface area contributed by atoms with Gasteiger partial charge in [0, 0.05) is 41.8 Å². The Hall–Kier alpha value is -2.99. The first-order chi connectivity index (χ1) is 13.7. The van der Waals surface area contributed by atoms with E-state index in [1.807, 2.05) is 6.08 Å². The highest BCUT2D eigenvalue weighted by molar-refractivity contribution is 5.98. The van der Waals surface area contributed by atoms with E-state index in [1.54, 1.807) is 24.4 Å². The second-order valence-corrected chi connectivity index (χ2v) is 7.85. The number of nitrogens with zero attached hydrogens (tertiary/aromatic N) is 3. The predicted octanol–water partition coefficient (Wildman–Crippen LogP) is 3.11. The molecule has 3 aromatic rings. The van der Waals surface area contributed by atoms with Crippen LogP contribution < -0.4 is 5.32 Å². The minimum absolute atomic E-state index is 0.163. The van der Waals surface area contributed by atoms with Crippen molar-refractivity contribution in [1.29, 1.82) is 0 Å². The standard InChI is InChI=1S/C22H23N5O/c1-27-13-14(7-8-21(28)25-20-6-3-9-24-26-20)10-17-16-4-2-5-18-22(16)15(12-23-18)11-19(17)27/h2-9,12,14,17,19,23H,10-11,13H2,1H3,(H,25,26,28)/b8-7+/t14-,17?,19-/m1/s1. The second-order valence-electron chi connectivity index (χ2n) is 7.85. The van der Waals surface area contributed by atoms with Gasteiger partial charge < -0.3 is 15.2 Å². The van der Waals surface area contributed by atoms with Crippen LogP contribution in [0.2, 0.25) is 0 Å². The number of fused-ring (bicyclic) bond motifs is 2. The molecule has 1 aromatic carbocycles. The van der Waals surface area contributed by atoms with Crippen LogP contribution in [0, 0.1) is 5.92 Å². The van der Waals surface area contributed by atoms with Gasteiger partial charge in [-0.2, -0.15) is 5.10 Å². The molecule has 0 bridgehead atoms. The number of piperidine rings is 1. The van der Waals surface area contributed by atoms with Gasteiger partial charge in [-0.05, 0) is 61.2 Å². The number of rotatable bonds is 3. The number of carbonyl (C=O) groups is 1. The van der Waals surface area contributed by atoms with Crippen molar-refractivity contribution in [2.24, 2.45) is 5.92 Å². The van der Waals surface area contributed by atoms with Gasteiger partial charge in [-0.3, -0.25) is 4.79 Å². The van der Waals surface area contributed by atoms with Crippen LogP contribution in [0.5, 0.6) is 0 Å². The second kappa shape index (κ2) is 6.87. The molecule has 3 atom stereocenters. The zero-order valence-corrected chi connectivity index (χ0v) is 15.8. The molecule has 1 unspecified atom stereocenters. The van der Waals surface area contributed by atoms with Gasteiger partial charge in [-0.1, -0.05) is 18.2 Å². The van der Waals surface area contributed by atoms with E-state index in [4.69, 9.17) is 0 Å². The molecule has 2 aliphatic rings. The smallest absolute Gasteiger partial charge is 0.249 e. The van der Waals surface area contributed by atoms with Crippen molar-refractivity contribution >= 4 is 22.6 Å². The van der Waals surface area contributed by atoms with E-state index in [2.05, 4.69) is 56.8 Å². The Bertz CT molecular complexity index is 1040. The number of H-pyrrole nitrogens is 1. The van der Waals surface area contributed by atoms with E-state index in [0.29, 0.717) is 23.7 Å². The minimum Gasteiger partial charge on any atom is -0.361 e. The number of hydrogen-bond donors (Lipinski definition) is 2. The molecular formula is C22H23N5O. The summed E-state index contributed by atoms with van der Waals surface area (Å²) in [5.41, 5.74) is 4.10. The third-order valence-electron chi connectivity index (χ3n) is 6.10. The molecule has 3 heterocycles. The van der Waals surface area contributed by atoms with Gasteiger partial charge in [0.25, 0.3) is 0 Å². The van der Waals surface area contributed by atoms with Gasteiger partial charge in [-0.15, -0.1) is 5.10 Å². The molecule has 5 rings (SSSR count). The van der Waals surface area contributed by atoms with E-state index < -0.39 is 0 Å². The number of aromatic nitrogens is 3. The summed E-state index contributed by atoms with van der Waals surface area (Å²) >= 11 is 0. The molecule has 28 heavy (non-hydrogen) atoms. The molecule has 0 radical (unpaired) electrons. The van der Waals surface area contributed by atoms with Crippen molar-refractivity contribution in [1.82, 2.24) is 20.1 Å². The molecule has 6 heteroatoms. The first-order valence-electron chi connectivity index (χ1n) is 9.75. The molecule has 0 spiro atoms. The van der Waals surface area contributed by atoms with Gasteiger partial charge in [0.2, 0.25) is 5.91 Å². The first-order valence-corrected chi connectivity index (χ1v) is 9.75. The van der Waals surface area contributed by atoms with Crippen LogP contribution >= 0.6 is 0 Å². The van der Waals surface area contributed by atoms with Gasteiger partial charge in [0.05, 0.1) is 0 Å². The summed E-state index contributed by atoms with van der Waals surface area (Å²) in [5.74, 6) is 1.14. The molecule has 2 N–H and O–H groups in total. The fourth-order valence-corrected chi connectivity index (χ4v) is 4.88. The maximum atomic E-state index is 12.2. The molecule has 1 aliphatic heterocycles. The monoisotopic (exact) mass is 373 g/mol. The lowest BCUT2D eigenvalue weighted by atomic mass is 9.72. The lowest BCUT2D eigenvalue weighted by molar-refractivity contribution is -0.112. The van der Waals surface area contributed by atoms with Crippen molar-refractivity contribution < 1.29 is 4.79 Å². The number of nitrogens with one attached hydrogen (secondary N) is 2. The SMILES string of the molecule is CN1C[C@H](/C=C/C(=O)Nc2cccnn2)CC2c3cccc4[nH]cc(c34)C[C@H]21. The molecule has 1 aliphatic carbocycles.